The molecule has 0 aliphatic rings. The van der Waals surface area contributed by atoms with Gasteiger partial charge < -0.3 is 15.4 Å². The number of hydrogen-bond acceptors (Lipinski definition) is 4. The monoisotopic (exact) mass is 351 g/mol. The number of amides is 2. The molecule has 0 aromatic heterocycles. The summed E-state index contributed by atoms with van der Waals surface area (Å²) < 4.78 is 28.3. The fraction of sp³-hybridized carbons (Fsp3) is 0.188. The number of carbonyl (C=O) groups is 1. The second kappa shape index (κ2) is 8.04. The Morgan fingerprint density at radius 3 is 2.52 bits per heavy atom. The summed E-state index contributed by atoms with van der Waals surface area (Å²) in [4.78, 5) is 22.2. The molecule has 0 heterocycles. The van der Waals surface area contributed by atoms with Gasteiger partial charge in [-0.3, -0.25) is 10.1 Å². The predicted octanol–water partition coefficient (Wildman–Crippen LogP) is 3.83. The molecule has 25 heavy (non-hydrogen) atoms. The maximum absolute atomic E-state index is 12.1. The van der Waals surface area contributed by atoms with E-state index in [1.807, 2.05) is 0 Å². The quantitative estimate of drug-likeness (QED) is 0.611. The van der Waals surface area contributed by atoms with Gasteiger partial charge in [0.2, 0.25) is 0 Å². The molecule has 0 radical (unpaired) electrons. The van der Waals surface area contributed by atoms with Gasteiger partial charge in [-0.15, -0.1) is 0 Å². The van der Waals surface area contributed by atoms with Crippen molar-refractivity contribution in [2.24, 2.45) is 0 Å². The number of aryl methyl sites for hydroxylation is 1. The van der Waals surface area contributed by atoms with E-state index in [1.165, 1.54) is 36.4 Å². The van der Waals surface area contributed by atoms with Crippen LogP contribution in [0.15, 0.2) is 42.5 Å². The van der Waals surface area contributed by atoms with Crippen LogP contribution in [0.5, 0.6) is 5.75 Å². The highest BCUT2D eigenvalue weighted by Crippen LogP contribution is 2.22. The van der Waals surface area contributed by atoms with Crippen molar-refractivity contribution in [3.8, 4) is 5.75 Å². The third-order valence-electron chi connectivity index (χ3n) is 3.27. The number of hydrogen-bond donors (Lipinski definition) is 2. The van der Waals surface area contributed by atoms with E-state index in [2.05, 4.69) is 15.4 Å². The molecule has 0 saturated carbocycles. The summed E-state index contributed by atoms with van der Waals surface area (Å²) in [6.07, 6.45) is 0. The first-order valence-corrected chi connectivity index (χ1v) is 7.19. The summed E-state index contributed by atoms with van der Waals surface area (Å²) >= 11 is 0. The molecular weight excluding hydrogens is 336 g/mol. The van der Waals surface area contributed by atoms with Crippen molar-refractivity contribution in [2.45, 2.75) is 20.1 Å². The van der Waals surface area contributed by atoms with Gasteiger partial charge in [0, 0.05) is 23.9 Å². The van der Waals surface area contributed by atoms with Crippen molar-refractivity contribution in [3.63, 3.8) is 0 Å². The molecule has 2 aromatic rings. The highest BCUT2D eigenvalue weighted by atomic mass is 19.3. The second-order valence-electron chi connectivity index (χ2n) is 5.09. The molecule has 7 nitrogen and oxygen atoms in total. The zero-order valence-electron chi connectivity index (χ0n) is 13.2. The molecule has 0 atom stereocenters. The number of benzene rings is 2. The number of nitrogens with one attached hydrogen (secondary N) is 2. The number of carbonyl (C=O) groups excluding carboxylic acids is 1. The molecule has 132 valence electrons. The van der Waals surface area contributed by atoms with Gasteiger partial charge in [-0.25, -0.2) is 4.79 Å². The zero-order valence-corrected chi connectivity index (χ0v) is 13.2. The van der Waals surface area contributed by atoms with Crippen LogP contribution in [0.3, 0.4) is 0 Å². The summed E-state index contributed by atoms with van der Waals surface area (Å²) in [5.74, 6) is 0.0233. The van der Waals surface area contributed by atoms with Gasteiger partial charge in [-0.05, 0) is 30.7 Å². The Morgan fingerprint density at radius 2 is 1.92 bits per heavy atom. The number of halogens is 2. The molecule has 2 aromatic carbocycles. The van der Waals surface area contributed by atoms with Gasteiger partial charge in [0.1, 0.15) is 5.75 Å². The average molecular weight is 351 g/mol. The molecule has 0 bridgehead atoms. The van der Waals surface area contributed by atoms with Gasteiger partial charge in [-0.1, -0.05) is 18.2 Å². The standard InChI is InChI=1S/C16H15F2N3O4/c1-10-2-5-12(8-14(10)21(23)24)20-16(22)19-9-11-3-6-13(7-4-11)25-15(17)18/h2-8,15H,9H2,1H3,(H2,19,20,22). The van der Waals surface area contributed by atoms with E-state index >= 15 is 0 Å². The second-order valence-corrected chi connectivity index (χ2v) is 5.09. The lowest BCUT2D eigenvalue weighted by molar-refractivity contribution is -0.385. The molecule has 0 fully saturated rings. The van der Waals surface area contributed by atoms with E-state index < -0.39 is 17.6 Å². The van der Waals surface area contributed by atoms with Crippen LogP contribution in [0.2, 0.25) is 0 Å². The third-order valence-corrected chi connectivity index (χ3v) is 3.27. The Balaban J connectivity index is 1.90. The Labute approximate surface area is 141 Å². The molecule has 0 saturated heterocycles. The number of anilines is 1. The van der Waals surface area contributed by atoms with Crippen molar-refractivity contribution < 1.29 is 23.2 Å². The summed E-state index contributed by atoms with van der Waals surface area (Å²) in [6, 6.07) is 9.61. The highest BCUT2D eigenvalue weighted by Gasteiger charge is 2.12. The maximum atomic E-state index is 12.1. The lowest BCUT2D eigenvalue weighted by atomic mass is 10.2. The predicted molar refractivity (Wildman–Crippen MR) is 86.8 cm³/mol. The van der Waals surface area contributed by atoms with Crippen LogP contribution >= 0.6 is 0 Å². The molecular formula is C16H15F2N3O4. The smallest absolute Gasteiger partial charge is 0.387 e. The lowest BCUT2D eigenvalue weighted by Gasteiger charge is -2.09. The van der Waals surface area contributed by atoms with Crippen LogP contribution in [-0.2, 0) is 6.54 Å². The first-order valence-electron chi connectivity index (χ1n) is 7.19. The van der Waals surface area contributed by atoms with Crippen molar-refractivity contribution in [1.29, 1.82) is 0 Å². The number of urea groups is 1. The molecule has 2 rings (SSSR count). The van der Waals surface area contributed by atoms with E-state index in [9.17, 15) is 23.7 Å². The van der Waals surface area contributed by atoms with Crippen LogP contribution in [-0.4, -0.2) is 17.6 Å². The minimum atomic E-state index is -2.90. The normalized spacial score (nSPS) is 10.4. The fourth-order valence-corrected chi connectivity index (χ4v) is 2.03. The van der Waals surface area contributed by atoms with Crippen molar-refractivity contribution in [2.75, 3.05) is 5.32 Å². The molecule has 9 heteroatoms. The number of rotatable bonds is 6. The molecule has 0 spiro atoms. The van der Waals surface area contributed by atoms with Gasteiger partial charge in [0.15, 0.2) is 0 Å². The minimum absolute atomic E-state index is 0.0233. The molecule has 0 aliphatic carbocycles. The van der Waals surface area contributed by atoms with Crippen LogP contribution in [0.25, 0.3) is 0 Å². The number of alkyl halides is 2. The minimum Gasteiger partial charge on any atom is -0.435 e. The van der Waals surface area contributed by atoms with Crippen LogP contribution in [0, 0.1) is 17.0 Å². The summed E-state index contributed by atoms with van der Waals surface area (Å²) in [5, 5.41) is 15.9. The Kier molecular flexibility index (Phi) is 5.83. The van der Waals surface area contributed by atoms with Crippen LogP contribution in [0.4, 0.5) is 25.0 Å². The summed E-state index contributed by atoms with van der Waals surface area (Å²) in [6.45, 7) is -1.15. The van der Waals surface area contributed by atoms with Gasteiger partial charge in [0.25, 0.3) is 5.69 Å². The summed E-state index contributed by atoms with van der Waals surface area (Å²) in [5.41, 5.74) is 1.36. The third kappa shape index (κ3) is 5.41. The molecule has 0 unspecified atom stereocenters. The van der Waals surface area contributed by atoms with Gasteiger partial charge in [0.05, 0.1) is 4.92 Å². The number of nitro benzene ring substituents is 1. The van der Waals surface area contributed by atoms with Crippen molar-refractivity contribution >= 4 is 17.4 Å². The number of nitrogens with zero attached hydrogens (tertiary/aromatic N) is 1. The van der Waals surface area contributed by atoms with E-state index in [-0.39, 0.29) is 23.7 Å². The fourth-order valence-electron chi connectivity index (χ4n) is 2.03. The Bertz CT molecular complexity index is 766. The Hall–Kier alpha value is -3.23. The first kappa shape index (κ1) is 18.1. The lowest BCUT2D eigenvalue weighted by Crippen LogP contribution is -2.28. The molecule has 0 aliphatic heterocycles. The topological polar surface area (TPSA) is 93.5 Å². The zero-order chi connectivity index (χ0) is 18.4. The van der Waals surface area contributed by atoms with Crippen molar-refractivity contribution in [3.05, 3.63) is 63.7 Å². The molecule has 2 N–H and O–H groups in total. The van der Waals surface area contributed by atoms with E-state index in [0.717, 1.165) is 0 Å². The van der Waals surface area contributed by atoms with E-state index in [4.69, 9.17) is 0 Å². The van der Waals surface area contributed by atoms with Crippen LogP contribution < -0.4 is 15.4 Å². The van der Waals surface area contributed by atoms with E-state index in [0.29, 0.717) is 11.1 Å². The average Bonchev–Trinajstić information content (AvgIpc) is 2.55. The number of nitro groups is 1. The molecule has 2 amide bonds. The SMILES string of the molecule is Cc1ccc(NC(=O)NCc2ccc(OC(F)F)cc2)cc1[N+](=O)[O-]. The van der Waals surface area contributed by atoms with Gasteiger partial charge >= 0.3 is 12.6 Å². The maximum Gasteiger partial charge on any atom is 0.387 e. The number of ether oxygens (including phenoxy) is 1. The first-order chi connectivity index (χ1) is 11.8. The van der Waals surface area contributed by atoms with Crippen molar-refractivity contribution in [1.82, 2.24) is 5.32 Å². The highest BCUT2D eigenvalue weighted by molar-refractivity contribution is 5.89. The Morgan fingerprint density at radius 1 is 1.24 bits per heavy atom. The summed E-state index contributed by atoms with van der Waals surface area (Å²) in [7, 11) is 0. The van der Waals surface area contributed by atoms with Gasteiger partial charge in [-0.2, -0.15) is 8.78 Å². The van der Waals surface area contributed by atoms with E-state index in [1.54, 1.807) is 13.0 Å². The van der Waals surface area contributed by atoms with Crippen LogP contribution in [0.1, 0.15) is 11.1 Å². The largest absolute Gasteiger partial charge is 0.435 e.